The highest BCUT2D eigenvalue weighted by Crippen LogP contribution is 2.56. The van der Waals surface area contributed by atoms with Gasteiger partial charge in [0.05, 0.1) is 0 Å². The van der Waals surface area contributed by atoms with E-state index in [1.165, 1.54) is 38.5 Å². The van der Waals surface area contributed by atoms with Gasteiger partial charge in [-0.05, 0) is 61.2 Å². The highest BCUT2D eigenvalue weighted by Gasteiger charge is 2.50. The van der Waals surface area contributed by atoms with E-state index >= 15 is 0 Å². The first kappa shape index (κ1) is 10.1. The lowest BCUT2D eigenvalue weighted by molar-refractivity contribution is 0.278. The quantitative estimate of drug-likeness (QED) is 0.755. The van der Waals surface area contributed by atoms with Crippen molar-refractivity contribution in [1.82, 2.24) is 0 Å². The van der Waals surface area contributed by atoms with Crippen LogP contribution in [0.5, 0.6) is 0 Å². The van der Waals surface area contributed by atoms with Crippen molar-refractivity contribution in [2.24, 2.45) is 34.8 Å². The van der Waals surface area contributed by atoms with Gasteiger partial charge in [0.25, 0.3) is 0 Å². The van der Waals surface area contributed by atoms with Gasteiger partial charge in [-0.15, -0.1) is 0 Å². The van der Waals surface area contributed by atoms with Gasteiger partial charge < -0.3 is 5.73 Å². The molecule has 0 aliphatic heterocycles. The fourth-order valence-corrected chi connectivity index (χ4v) is 4.42. The molecule has 0 aromatic heterocycles. The van der Waals surface area contributed by atoms with Crippen LogP contribution in [0.3, 0.4) is 0 Å². The summed E-state index contributed by atoms with van der Waals surface area (Å²) in [5.41, 5.74) is 6.93. The van der Waals surface area contributed by atoms with Crippen LogP contribution >= 0.6 is 0 Å². The minimum absolute atomic E-state index is 0.504. The highest BCUT2D eigenvalue weighted by molar-refractivity contribution is 5.02. The molecule has 1 heteroatoms. The van der Waals surface area contributed by atoms with Crippen LogP contribution in [0.2, 0.25) is 0 Å². The lowest BCUT2D eigenvalue weighted by Gasteiger charge is -2.25. The molecule has 3 aliphatic rings. The van der Waals surface area contributed by atoms with Gasteiger partial charge in [-0.3, -0.25) is 0 Å². The van der Waals surface area contributed by atoms with Crippen molar-refractivity contribution in [3.8, 4) is 0 Å². The Morgan fingerprint density at radius 2 is 2.00 bits per heavy atom. The van der Waals surface area contributed by atoms with E-state index in [9.17, 15) is 0 Å². The molecule has 1 nitrogen and oxygen atoms in total. The lowest BCUT2D eigenvalue weighted by Crippen LogP contribution is -2.29. The van der Waals surface area contributed by atoms with E-state index in [0.717, 1.165) is 23.7 Å². The molecule has 86 valence electrons. The van der Waals surface area contributed by atoms with Crippen LogP contribution in [-0.2, 0) is 0 Å². The van der Waals surface area contributed by atoms with Crippen molar-refractivity contribution in [2.75, 3.05) is 0 Å². The maximum atomic E-state index is 6.37. The van der Waals surface area contributed by atoms with Crippen LogP contribution in [0.1, 0.15) is 52.4 Å². The second-order valence-electron chi connectivity index (χ2n) is 7.13. The molecule has 3 rings (SSSR count). The summed E-state index contributed by atoms with van der Waals surface area (Å²) >= 11 is 0. The topological polar surface area (TPSA) is 26.0 Å². The maximum absolute atomic E-state index is 6.37. The van der Waals surface area contributed by atoms with Gasteiger partial charge in [0.1, 0.15) is 0 Å². The third kappa shape index (κ3) is 1.73. The molecule has 0 heterocycles. The van der Waals surface area contributed by atoms with Gasteiger partial charge in [0.15, 0.2) is 0 Å². The highest BCUT2D eigenvalue weighted by atomic mass is 14.7. The second-order valence-corrected chi connectivity index (χ2v) is 7.13. The Morgan fingerprint density at radius 3 is 2.47 bits per heavy atom. The van der Waals surface area contributed by atoms with Crippen LogP contribution in [0.4, 0.5) is 0 Å². The zero-order valence-electron chi connectivity index (χ0n) is 10.2. The maximum Gasteiger partial charge on any atom is 0.00752 e. The number of hydrogen-bond donors (Lipinski definition) is 1. The van der Waals surface area contributed by atoms with Gasteiger partial charge in [-0.25, -0.2) is 0 Å². The minimum atomic E-state index is 0.504. The third-order valence-corrected chi connectivity index (χ3v) is 5.57. The van der Waals surface area contributed by atoms with Crippen molar-refractivity contribution in [3.63, 3.8) is 0 Å². The summed E-state index contributed by atoms with van der Waals surface area (Å²) in [6.45, 7) is 4.75. The normalized spacial score (nSPS) is 48.2. The van der Waals surface area contributed by atoms with Gasteiger partial charge in [0.2, 0.25) is 0 Å². The van der Waals surface area contributed by atoms with Gasteiger partial charge >= 0.3 is 0 Å². The van der Waals surface area contributed by atoms with E-state index in [-0.39, 0.29) is 0 Å². The van der Waals surface area contributed by atoms with E-state index < -0.39 is 0 Å². The zero-order chi connectivity index (χ0) is 10.6. The Balaban J connectivity index is 1.54. The van der Waals surface area contributed by atoms with Crippen molar-refractivity contribution in [2.45, 2.75) is 58.4 Å². The van der Waals surface area contributed by atoms with Gasteiger partial charge in [-0.2, -0.15) is 0 Å². The van der Waals surface area contributed by atoms with E-state index in [1.54, 1.807) is 0 Å². The molecule has 2 bridgehead atoms. The summed E-state index contributed by atoms with van der Waals surface area (Å²) < 4.78 is 0. The third-order valence-electron chi connectivity index (χ3n) is 5.57. The Kier molecular flexibility index (Phi) is 2.18. The molecule has 5 unspecified atom stereocenters. The van der Waals surface area contributed by atoms with E-state index in [0.29, 0.717) is 11.5 Å². The van der Waals surface area contributed by atoms with E-state index in [4.69, 9.17) is 5.73 Å². The van der Waals surface area contributed by atoms with Crippen LogP contribution in [0.25, 0.3) is 0 Å². The molecule has 3 saturated carbocycles. The SMILES string of the molecule is CC1(C)CC1C(N)CC1CC2CCC1C2. The van der Waals surface area contributed by atoms with Gasteiger partial charge in [-0.1, -0.05) is 20.3 Å². The zero-order valence-corrected chi connectivity index (χ0v) is 10.2. The predicted molar refractivity (Wildman–Crippen MR) is 63.4 cm³/mol. The smallest absolute Gasteiger partial charge is 0.00752 e. The molecule has 2 N–H and O–H groups in total. The molecule has 0 amide bonds. The summed E-state index contributed by atoms with van der Waals surface area (Å²) in [7, 11) is 0. The Morgan fingerprint density at radius 1 is 1.27 bits per heavy atom. The Labute approximate surface area is 93.8 Å². The molecular weight excluding hydrogens is 182 g/mol. The number of nitrogens with two attached hydrogens (primary N) is 1. The number of hydrogen-bond acceptors (Lipinski definition) is 1. The molecule has 0 aromatic rings. The van der Waals surface area contributed by atoms with Crippen LogP contribution < -0.4 is 5.73 Å². The Hall–Kier alpha value is -0.0400. The van der Waals surface area contributed by atoms with Crippen molar-refractivity contribution in [3.05, 3.63) is 0 Å². The Bertz CT molecular complexity index is 258. The molecular formula is C14H25N. The molecule has 15 heavy (non-hydrogen) atoms. The average Bonchev–Trinajstić information content (AvgIpc) is 2.58. The summed E-state index contributed by atoms with van der Waals surface area (Å²) in [6.07, 6.45) is 8.77. The minimum Gasteiger partial charge on any atom is -0.327 e. The molecule has 5 atom stereocenters. The lowest BCUT2D eigenvalue weighted by atomic mass is 9.83. The second kappa shape index (κ2) is 3.23. The molecule has 0 aromatic carbocycles. The van der Waals surface area contributed by atoms with Crippen molar-refractivity contribution < 1.29 is 0 Å². The van der Waals surface area contributed by atoms with Crippen molar-refractivity contribution in [1.29, 1.82) is 0 Å². The van der Waals surface area contributed by atoms with Gasteiger partial charge in [0, 0.05) is 6.04 Å². The largest absolute Gasteiger partial charge is 0.327 e. The number of rotatable bonds is 3. The molecule has 0 spiro atoms. The first-order valence-corrected chi connectivity index (χ1v) is 6.82. The standard InChI is InChI=1S/C14H25N/c1-14(2)8-12(14)13(15)7-11-6-9-3-4-10(11)5-9/h9-13H,3-8,15H2,1-2H3. The van der Waals surface area contributed by atoms with E-state index in [2.05, 4.69) is 13.8 Å². The van der Waals surface area contributed by atoms with E-state index in [1.807, 2.05) is 0 Å². The molecule has 3 aliphatic carbocycles. The average molecular weight is 207 g/mol. The summed E-state index contributed by atoms with van der Waals surface area (Å²) in [5.74, 6) is 3.97. The summed E-state index contributed by atoms with van der Waals surface area (Å²) in [4.78, 5) is 0. The van der Waals surface area contributed by atoms with Crippen molar-refractivity contribution >= 4 is 0 Å². The molecule has 0 saturated heterocycles. The summed E-state index contributed by atoms with van der Waals surface area (Å²) in [5, 5.41) is 0. The monoisotopic (exact) mass is 207 g/mol. The fourth-order valence-electron chi connectivity index (χ4n) is 4.42. The fraction of sp³-hybridized carbons (Fsp3) is 1.00. The first-order valence-electron chi connectivity index (χ1n) is 6.82. The van der Waals surface area contributed by atoms with Crippen LogP contribution in [0, 0.1) is 29.1 Å². The first-order chi connectivity index (χ1) is 7.06. The van der Waals surface area contributed by atoms with Crippen LogP contribution in [0.15, 0.2) is 0 Å². The number of fused-ring (bicyclic) bond motifs is 2. The van der Waals surface area contributed by atoms with Crippen LogP contribution in [-0.4, -0.2) is 6.04 Å². The summed E-state index contributed by atoms with van der Waals surface area (Å²) in [6, 6.07) is 0.504. The molecule has 0 radical (unpaired) electrons. The molecule has 3 fully saturated rings. The predicted octanol–water partition coefficient (Wildman–Crippen LogP) is 3.19.